The topological polar surface area (TPSA) is 48.6 Å². The summed E-state index contributed by atoms with van der Waals surface area (Å²) in [6.45, 7) is 4.16. The number of hydrogen-bond acceptors (Lipinski definition) is 3. The molecule has 2 heterocycles. The van der Waals surface area contributed by atoms with Gasteiger partial charge in [0.25, 0.3) is 5.91 Å². The van der Waals surface area contributed by atoms with Gasteiger partial charge in [0.1, 0.15) is 11.4 Å². The fraction of sp³-hybridized carbons (Fsp3) is 0.500. The van der Waals surface area contributed by atoms with Crippen LogP contribution in [0.4, 0.5) is 0 Å². The quantitative estimate of drug-likeness (QED) is 0.443. The van der Waals surface area contributed by atoms with Crippen LogP contribution >= 0.6 is 0 Å². The maximum absolute atomic E-state index is 13.8. The Morgan fingerprint density at radius 3 is 2.71 bits per heavy atom. The molecule has 186 valence electrons. The van der Waals surface area contributed by atoms with Crippen molar-refractivity contribution >= 4 is 16.8 Å². The first-order valence-corrected chi connectivity index (χ1v) is 13.4. The van der Waals surface area contributed by atoms with Crippen LogP contribution in [0.15, 0.2) is 54.6 Å². The number of piperidine rings is 1. The molecular weight excluding hydrogens is 434 g/mol. The largest absolute Gasteiger partial charge is 0.497 e. The number of aromatic nitrogens is 1. The lowest BCUT2D eigenvalue weighted by Gasteiger charge is -2.40. The number of carbonyl (C=O) groups excluding carboxylic acids is 1. The number of methoxy groups -OCH3 is 1. The van der Waals surface area contributed by atoms with E-state index in [1.54, 1.807) is 7.11 Å². The molecule has 1 aliphatic carbocycles. The minimum absolute atomic E-state index is 0.182. The highest BCUT2D eigenvalue weighted by atomic mass is 16.5. The summed E-state index contributed by atoms with van der Waals surface area (Å²) < 4.78 is 5.39. The molecule has 2 aliphatic rings. The van der Waals surface area contributed by atoms with E-state index in [0.717, 1.165) is 67.8 Å². The van der Waals surface area contributed by atoms with Crippen LogP contribution in [0, 0.1) is 5.92 Å². The minimum Gasteiger partial charge on any atom is -0.497 e. The Kier molecular flexibility index (Phi) is 7.72. The molecule has 0 radical (unpaired) electrons. The zero-order valence-electron chi connectivity index (χ0n) is 21.0. The Bertz CT molecular complexity index is 1080. The van der Waals surface area contributed by atoms with Gasteiger partial charge in [0, 0.05) is 36.6 Å². The minimum atomic E-state index is 0.182. The summed E-state index contributed by atoms with van der Waals surface area (Å²) in [5, 5.41) is 1.11. The van der Waals surface area contributed by atoms with Crippen molar-refractivity contribution in [2.45, 2.75) is 57.4 Å². The van der Waals surface area contributed by atoms with Gasteiger partial charge in [-0.2, -0.15) is 0 Å². The molecule has 0 spiro atoms. The van der Waals surface area contributed by atoms with Crippen LogP contribution in [0.5, 0.6) is 5.75 Å². The lowest BCUT2D eigenvalue weighted by Crippen LogP contribution is -2.48. The van der Waals surface area contributed by atoms with Crippen LogP contribution in [0.25, 0.3) is 10.9 Å². The van der Waals surface area contributed by atoms with Crippen LogP contribution in [-0.4, -0.2) is 60.0 Å². The van der Waals surface area contributed by atoms with E-state index in [4.69, 9.17) is 4.74 Å². The number of fused-ring (bicyclic) bond motifs is 1. The standard InChI is InChI=1S/C30H39N3O2/c1-35-27-14-7-9-23(19-27)16-18-32-17-8-10-24(21-32)22-33(26-12-3-2-4-13-26)30(34)29-20-25-11-5-6-15-28(25)31-29/h5-7,9,11,14-15,19-20,24,26,31H,2-4,8,10,12-13,16-18,21-22H2,1H3. The summed E-state index contributed by atoms with van der Waals surface area (Å²) in [7, 11) is 1.73. The Morgan fingerprint density at radius 2 is 1.89 bits per heavy atom. The van der Waals surface area contributed by atoms with Crippen molar-refractivity contribution in [1.29, 1.82) is 0 Å². The zero-order valence-corrected chi connectivity index (χ0v) is 21.0. The lowest BCUT2D eigenvalue weighted by molar-refractivity contribution is 0.0524. The highest BCUT2D eigenvalue weighted by Gasteiger charge is 2.31. The molecule has 1 unspecified atom stereocenters. The average Bonchev–Trinajstić information content (AvgIpc) is 3.36. The van der Waals surface area contributed by atoms with Crippen molar-refractivity contribution in [3.05, 3.63) is 65.9 Å². The highest BCUT2D eigenvalue weighted by Crippen LogP contribution is 2.28. The van der Waals surface area contributed by atoms with Crippen LogP contribution in [0.3, 0.4) is 0 Å². The number of para-hydroxylation sites is 1. The molecule has 5 nitrogen and oxygen atoms in total. The first kappa shape index (κ1) is 23.9. The van der Waals surface area contributed by atoms with Crippen LogP contribution < -0.4 is 4.74 Å². The van der Waals surface area contributed by atoms with E-state index in [1.165, 1.54) is 37.7 Å². The number of rotatable bonds is 8. The molecule has 5 heteroatoms. The number of nitrogens with zero attached hydrogens (tertiary/aromatic N) is 2. The van der Waals surface area contributed by atoms with E-state index in [9.17, 15) is 4.79 Å². The predicted octanol–water partition coefficient (Wildman–Crippen LogP) is 5.91. The van der Waals surface area contributed by atoms with Crippen LogP contribution in [-0.2, 0) is 6.42 Å². The van der Waals surface area contributed by atoms with E-state index in [1.807, 2.05) is 24.3 Å². The second kappa shape index (κ2) is 11.3. The Labute approximate surface area is 209 Å². The monoisotopic (exact) mass is 473 g/mol. The van der Waals surface area contributed by atoms with Gasteiger partial charge in [-0.3, -0.25) is 4.79 Å². The SMILES string of the molecule is COc1cccc(CCN2CCCC(CN(C(=O)c3cc4ccccc4[nH]3)C3CCCCC3)C2)c1. The molecule has 1 saturated carbocycles. The molecule has 35 heavy (non-hydrogen) atoms. The van der Waals surface area contributed by atoms with Gasteiger partial charge in [0.2, 0.25) is 0 Å². The second-order valence-electron chi connectivity index (χ2n) is 10.4. The molecule has 1 aliphatic heterocycles. The molecule has 1 saturated heterocycles. The summed E-state index contributed by atoms with van der Waals surface area (Å²) >= 11 is 0. The van der Waals surface area contributed by atoms with Crippen molar-refractivity contribution in [3.63, 3.8) is 0 Å². The molecule has 2 fully saturated rings. The Balaban J connectivity index is 1.26. The third-order valence-corrected chi connectivity index (χ3v) is 7.95. The molecule has 0 bridgehead atoms. The average molecular weight is 474 g/mol. The molecule has 3 aromatic rings. The molecular formula is C30H39N3O2. The normalized spacial score (nSPS) is 19.6. The van der Waals surface area contributed by atoms with E-state index in [-0.39, 0.29) is 5.91 Å². The number of aromatic amines is 1. The van der Waals surface area contributed by atoms with Gasteiger partial charge in [-0.25, -0.2) is 0 Å². The van der Waals surface area contributed by atoms with Crippen LogP contribution in [0.1, 0.15) is 61.0 Å². The summed E-state index contributed by atoms with van der Waals surface area (Å²) in [5.41, 5.74) is 3.10. The van der Waals surface area contributed by atoms with Gasteiger partial charge in [0.15, 0.2) is 0 Å². The number of H-pyrrole nitrogens is 1. The number of amides is 1. The maximum atomic E-state index is 13.8. The van der Waals surface area contributed by atoms with Gasteiger partial charge >= 0.3 is 0 Å². The van der Waals surface area contributed by atoms with E-state index in [2.05, 4.69) is 45.1 Å². The molecule has 2 aromatic carbocycles. The lowest BCUT2D eigenvalue weighted by atomic mass is 9.91. The van der Waals surface area contributed by atoms with Gasteiger partial charge in [-0.1, -0.05) is 49.6 Å². The van der Waals surface area contributed by atoms with Crippen LogP contribution in [0.2, 0.25) is 0 Å². The fourth-order valence-corrected chi connectivity index (χ4v) is 6.03. The zero-order chi connectivity index (χ0) is 24.0. The van der Waals surface area contributed by atoms with Crippen molar-refractivity contribution in [3.8, 4) is 5.75 Å². The highest BCUT2D eigenvalue weighted by molar-refractivity contribution is 5.98. The number of likely N-dealkylation sites (tertiary alicyclic amines) is 1. The van der Waals surface area contributed by atoms with Gasteiger partial charge < -0.3 is 19.5 Å². The number of hydrogen-bond donors (Lipinski definition) is 1. The molecule has 1 N–H and O–H groups in total. The third-order valence-electron chi connectivity index (χ3n) is 7.95. The Morgan fingerprint density at radius 1 is 1.03 bits per heavy atom. The van der Waals surface area contributed by atoms with Gasteiger partial charge in [0.05, 0.1) is 7.11 Å². The number of benzene rings is 2. The van der Waals surface area contributed by atoms with Gasteiger partial charge in [-0.05, 0) is 74.4 Å². The van der Waals surface area contributed by atoms with Crippen molar-refractivity contribution in [1.82, 2.24) is 14.8 Å². The Hall–Kier alpha value is -2.79. The summed E-state index contributed by atoms with van der Waals surface area (Å²) in [6.07, 6.45) is 9.49. The van der Waals surface area contributed by atoms with Crippen molar-refractivity contribution < 1.29 is 9.53 Å². The first-order valence-electron chi connectivity index (χ1n) is 13.4. The van der Waals surface area contributed by atoms with Crippen molar-refractivity contribution in [2.75, 3.05) is 33.3 Å². The van der Waals surface area contributed by atoms with E-state index < -0.39 is 0 Å². The predicted molar refractivity (Wildman–Crippen MR) is 142 cm³/mol. The summed E-state index contributed by atoms with van der Waals surface area (Å²) in [4.78, 5) is 22.0. The summed E-state index contributed by atoms with van der Waals surface area (Å²) in [5.74, 6) is 1.64. The van der Waals surface area contributed by atoms with E-state index >= 15 is 0 Å². The fourth-order valence-electron chi connectivity index (χ4n) is 6.03. The number of ether oxygens (including phenoxy) is 1. The number of nitrogens with one attached hydrogen (secondary N) is 1. The molecule has 1 aromatic heterocycles. The van der Waals surface area contributed by atoms with Crippen molar-refractivity contribution in [2.24, 2.45) is 5.92 Å². The third kappa shape index (κ3) is 5.90. The molecule has 5 rings (SSSR count). The second-order valence-corrected chi connectivity index (χ2v) is 10.4. The first-order chi connectivity index (χ1) is 17.2. The smallest absolute Gasteiger partial charge is 0.270 e. The van der Waals surface area contributed by atoms with E-state index in [0.29, 0.717) is 12.0 Å². The van der Waals surface area contributed by atoms with Gasteiger partial charge in [-0.15, -0.1) is 0 Å². The maximum Gasteiger partial charge on any atom is 0.270 e. The number of carbonyl (C=O) groups is 1. The molecule has 1 atom stereocenters. The summed E-state index contributed by atoms with van der Waals surface area (Å²) in [6, 6.07) is 19.0. The molecule has 1 amide bonds.